The van der Waals surface area contributed by atoms with Gasteiger partial charge in [-0.05, 0) is 6.92 Å². The molecule has 0 saturated carbocycles. The van der Waals surface area contributed by atoms with Crippen LogP contribution in [0.5, 0.6) is 0 Å². The molecule has 0 aromatic heterocycles. The molecule has 0 aromatic rings. The fourth-order valence-corrected chi connectivity index (χ4v) is 1.31. The van der Waals surface area contributed by atoms with Gasteiger partial charge in [-0.1, -0.05) is 11.2 Å². The van der Waals surface area contributed by atoms with E-state index in [0.717, 1.165) is 0 Å². The van der Waals surface area contributed by atoms with Gasteiger partial charge in [-0.15, -0.1) is 12.6 Å². The molecule has 0 N–H and O–H groups in total. The summed E-state index contributed by atoms with van der Waals surface area (Å²) in [4.78, 5) is 10.2. The van der Waals surface area contributed by atoms with Crippen molar-refractivity contribution in [2.24, 2.45) is 0 Å². The molecule has 0 bridgehead atoms. The molecule has 9 heavy (non-hydrogen) atoms. The van der Waals surface area contributed by atoms with Crippen molar-refractivity contribution in [3.05, 3.63) is 0 Å². The van der Waals surface area contributed by atoms with Gasteiger partial charge in [0.15, 0.2) is 5.12 Å². The molecule has 0 saturated heterocycles. The molecular weight excluding hydrogens is 156 g/mol. The van der Waals surface area contributed by atoms with Gasteiger partial charge in [-0.25, -0.2) is 0 Å². The normalized spacial score (nSPS) is 13.2. The Morgan fingerprint density at radius 3 is 2.67 bits per heavy atom. The zero-order valence-corrected chi connectivity index (χ0v) is 7.00. The van der Waals surface area contributed by atoms with Crippen molar-refractivity contribution in [1.82, 2.24) is 0 Å². The molecule has 0 radical (unpaired) electrons. The molecular formula is C5H10O2S2. The maximum absolute atomic E-state index is 10.6. The van der Waals surface area contributed by atoms with E-state index in [1.165, 1.54) is 0 Å². The predicted octanol–water partition coefficient (Wildman–Crippen LogP) is 0.602. The van der Waals surface area contributed by atoms with Gasteiger partial charge < -0.3 is 4.55 Å². The van der Waals surface area contributed by atoms with E-state index in [9.17, 15) is 9.35 Å². The van der Waals surface area contributed by atoms with E-state index in [2.05, 4.69) is 12.6 Å². The Kier molecular flexibility index (Phi) is 5.33. The molecule has 4 heteroatoms. The van der Waals surface area contributed by atoms with Crippen LogP contribution in [0, 0.1) is 0 Å². The smallest absolute Gasteiger partial charge is 0.190 e. The Balaban J connectivity index is 3.16. The van der Waals surface area contributed by atoms with Gasteiger partial charge in [0.2, 0.25) is 0 Å². The molecule has 0 aliphatic heterocycles. The zero-order valence-electron chi connectivity index (χ0n) is 5.29. The van der Waals surface area contributed by atoms with Crippen LogP contribution < -0.4 is 0 Å². The van der Waals surface area contributed by atoms with Crippen molar-refractivity contribution < 1.29 is 9.35 Å². The molecule has 0 amide bonds. The standard InChI is InChI=1S/C5H10O2S2/c1-2-9(7)4-3-5(6)8/h2-4H2,1H3,(H,6,8). The average molecular weight is 166 g/mol. The highest BCUT2D eigenvalue weighted by atomic mass is 32.2. The Morgan fingerprint density at radius 2 is 2.33 bits per heavy atom. The fourth-order valence-electron chi connectivity index (χ4n) is 0.345. The second-order valence-electron chi connectivity index (χ2n) is 1.58. The van der Waals surface area contributed by atoms with Gasteiger partial charge in [-0.2, -0.15) is 0 Å². The van der Waals surface area contributed by atoms with Crippen LogP contribution >= 0.6 is 12.6 Å². The number of rotatable bonds is 4. The van der Waals surface area contributed by atoms with Crippen LogP contribution in [-0.2, 0) is 16.0 Å². The summed E-state index contributed by atoms with van der Waals surface area (Å²) in [5, 5.41) is -0.184. The summed E-state index contributed by atoms with van der Waals surface area (Å²) in [6.07, 6.45) is 0.323. The first-order chi connectivity index (χ1) is 4.16. The monoisotopic (exact) mass is 166 g/mol. The van der Waals surface area contributed by atoms with E-state index in [1.807, 2.05) is 6.92 Å². The van der Waals surface area contributed by atoms with E-state index in [4.69, 9.17) is 0 Å². The van der Waals surface area contributed by atoms with Crippen LogP contribution in [0.3, 0.4) is 0 Å². The van der Waals surface area contributed by atoms with Crippen LogP contribution in [0.2, 0.25) is 0 Å². The van der Waals surface area contributed by atoms with E-state index in [-0.39, 0.29) is 5.12 Å². The maximum Gasteiger partial charge on any atom is 0.190 e. The van der Waals surface area contributed by atoms with E-state index >= 15 is 0 Å². The van der Waals surface area contributed by atoms with Gasteiger partial charge in [-0.3, -0.25) is 4.79 Å². The third-order valence-corrected chi connectivity index (χ3v) is 2.39. The lowest BCUT2D eigenvalue weighted by molar-refractivity contribution is -0.110. The van der Waals surface area contributed by atoms with Crippen molar-refractivity contribution in [2.45, 2.75) is 13.3 Å². The van der Waals surface area contributed by atoms with Crippen LogP contribution in [-0.4, -0.2) is 21.2 Å². The third-order valence-electron chi connectivity index (χ3n) is 0.866. The first kappa shape index (κ1) is 9.33. The molecule has 1 unspecified atom stereocenters. The van der Waals surface area contributed by atoms with Crippen molar-refractivity contribution in [1.29, 1.82) is 0 Å². The van der Waals surface area contributed by atoms with Crippen LogP contribution in [0.25, 0.3) is 0 Å². The van der Waals surface area contributed by atoms with Crippen molar-refractivity contribution in [3.8, 4) is 0 Å². The summed E-state index contributed by atoms with van der Waals surface area (Å²) in [6.45, 7) is 1.83. The number of hydrogen-bond donors (Lipinski definition) is 1. The molecule has 0 spiro atoms. The second-order valence-corrected chi connectivity index (χ2v) is 3.94. The van der Waals surface area contributed by atoms with Gasteiger partial charge in [0.1, 0.15) is 11.5 Å². The van der Waals surface area contributed by atoms with Crippen molar-refractivity contribution in [3.63, 3.8) is 0 Å². The molecule has 0 heterocycles. The Bertz CT molecular complexity index is 95.0. The highest BCUT2D eigenvalue weighted by molar-refractivity contribution is 7.96. The molecule has 0 fully saturated rings. The number of carbonyl (C=O) groups excluding carboxylic acids is 1. The Hall–Kier alpha value is 0.330. The predicted molar refractivity (Wildman–Crippen MR) is 42.2 cm³/mol. The summed E-state index contributed by atoms with van der Waals surface area (Å²) in [6, 6.07) is 0. The second kappa shape index (κ2) is 5.14. The fraction of sp³-hybridized carbons (Fsp3) is 0.800. The summed E-state index contributed by atoms with van der Waals surface area (Å²) < 4.78 is 10.6. The highest BCUT2D eigenvalue weighted by Gasteiger charge is 2.03. The van der Waals surface area contributed by atoms with Gasteiger partial charge >= 0.3 is 0 Å². The first-order valence-electron chi connectivity index (χ1n) is 2.73. The largest absolute Gasteiger partial charge is 0.616 e. The molecule has 2 nitrogen and oxygen atoms in total. The molecule has 0 aliphatic carbocycles. The minimum absolute atomic E-state index is 0.184. The molecule has 54 valence electrons. The van der Waals surface area contributed by atoms with Crippen molar-refractivity contribution in [2.75, 3.05) is 11.5 Å². The van der Waals surface area contributed by atoms with Crippen LogP contribution in [0.15, 0.2) is 0 Å². The first-order valence-corrected chi connectivity index (χ1v) is 4.67. The molecule has 0 aromatic carbocycles. The Labute approximate surface area is 63.6 Å². The number of thiol groups is 1. The van der Waals surface area contributed by atoms with Crippen LogP contribution in [0.1, 0.15) is 13.3 Å². The molecule has 0 aliphatic rings. The highest BCUT2D eigenvalue weighted by Crippen LogP contribution is 1.95. The van der Waals surface area contributed by atoms with E-state index in [1.54, 1.807) is 0 Å². The van der Waals surface area contributed by atoms with Crippen molar-refractivity contribution >= 4 is 28.9 Å². The number of carbonyl (C=O) groups is 1. The molecule has 1 atom stereocenters. The lowest BCUT2D eigenvalue weighted by Crippen LogP contribution is -2.10. The van der Waals surface area contributed by atoms with Gasteiger partial charge in [0.05, 0.1) is 6.42 Å². The summed E-state index contributed by atoms with van der Waals surface area (Å²) in [7, 11) is 0. The average Bonchev–Trinajstić information content (AvgIpc) is 1.83. The summed E-state index contributed by atoms with van der Waals surface area (Å²) >= 11 is 2.72. The van der Waals surface area contributed by atoms with E-state index < -0.39 is 11.2 Å². The summed E-state index contributed by atoms with van der Waals surface area (Å²) in [5.41, 5.74) is 0. The quantitative estimate of drug-likeness (QED) is 0.491. The van der Waals surface area contributed by atoms with Crippen LogP contribution in [0.4, 0.5) is 0 Å². The minimum atomic E-state index is -0.817. The maximum atomic E-state index is 10.6. The van der Waals surface area contributed by atoms with Gasteiger partial charge in [0.25, 0.3) is 0 Å². The minimum Gasteiger partial charge on any atom is -0.616 e. The third kappa shape index (κ3) is 6.21. The lowest BCUT2D eigenvalue weighted by Gasteiger charge is -2.05. The Morgan fingerprint density at radius 1 is 1.78 bits per heavy atom. The van der Waals surface area contributed by atoms with E-state index in [0.29, 0.717) is 17.9 Å². The molecule has 0 rings (SSSR count). The number of hydrogen-bond acceptors (Lipinski definition) is 2. The van der Waals surface area contributed by atoms with Gasteiger partial charge in [0, 0.05) is 0 Å². The SMILES string of the molecule is CC[S+]([O-])CCC(=O)S. The zero-order chi connectivity index (χ0) is 7.28. The topological polar surface area (TPSA) is 40.1 Å². The summed E-state index contributed by atoms with van der Waals surface area (Å²) in [5.74, 6) is 1.08. The lowest BCUT2D eigenvalue weighted by atomic mass is 10.5.